The first-order chi connectivity index (χ1) is 13.0. The van der Waals surface area contributed by atoms with Crippen molar-refractivity contribution in [3.63, 3.8) is 0 Å². The van der Waals surface area contributed by atoms with Crippen LogP contribution >= 0.6 is 0 Å². The second kappa shape index (κ2) is 10.2. The van der Waals surface area contributed by atoms with Crippen molar-refractivity contribution in [2.24, 2.45) is 0 Å². The molecule has 0 fully saturated rings. The Kier molecular flexibility index (Phi) is 7.62. The van der Waals surface area contributed by atoms with Crippen LogP contribution in [0.1, 0.15) is 35.7 Å². The van der Waals surface area contributed by atoms with E-state index in [1.54, 1.807) is 30.3 Å². The lowest BCUT2D eigenvalue weighted by atomic mass is 10.1. The number of nitrogens with one attached hydrogen (secondary N) is 2. The molecule has 2 rings (SSSR count). The van der Waals surface area contributed by atoms with Crippen molar-refractivity contribution >= 4 is 23.6 Å². The highest BCUT2D eigenvalue weighted by molar-refractivity contribution is 6.05. The summed E-state index contributed by atoms with van der Waals surface area (Å²) in [6.07, 6.45) is 3.58. The van der Waals surface area contributed by atoms with Crippen molar-refractivity contribution in [3.05, 3.63) is 71.4 Å². The molecule has 0 spiro atoms. The van der Waals surface area contributed by atoms with E-state index in [2.05, 4.69) is 17.6 Å². The molecule has 5 nitrogen and oxygen atoms in total. The van der Waals surface area contributed by atoms with Gasteiger partial charge in [0.05, 0.1) is 0 Å². The highest BCUT2D eigenvalue weighted by Gasteiger charge is 2.14. The van der Waals surface area contributed by atoms with Crippen LogP contribution in [0, 0.1) is 0 Å². The monoisotopic (exact) mass is 365 g/mol. The zero-order chi connectivity index (χ0) is 19.6. The van der Waals surface area contributed by atoms with E-state index >= 15 is 0 Å². The van der Waals surface area contributed by atoms with Gasteiger partial charge < -0.3 is 15.5 Å². The van der Waals surface area contributed by atoms with Crippen molar-refractivity contribution in [3.8, 4) is 0 Å². The lowest BCUT2D eigenvalue weighted by Crippen LogP contribution is -2.35. The van der Waals surface area contributed by atoms with E-state index in [1.807, 2.05) is 49.3 Å². The molecule has 0 aromatic heterocycles. The number of carbonyl (C=O) groups is 2. The van der Waals surface area contributed by atoms with Gasteiger partial charge in [-0.3, -0.25) is 9.59 Å². The van der Waals surface area contributed by atoms with Gasteiger partial charge in [-0.15, -0.1) is 0 Å². The first-order valence-corrected chi connectivity index (χ1v) is 9.15. The summed E-state index contributed by atoms with van der Waals surface area (Å²) in [5.74, 6) is -0.596. The summed E-state index contributed by atoms with van der Waals surface area (Å²) in [5, 5.41) is 5.61. The molecule has 0 atom stereocenters. The lowest BCUT2D eigenvalue weighted by Gasteiger charge is -2.13. The second-order valence-electron chi connectivity index (χ2n) is 6.47. The average molecular weight is 365 g/mol. The summed E-state index contributed by atoms with van der Waals surface area (Å²) in [6, 6.07) is 16.6. The van der Waals surface area contributed by atoms with Crippen molar-refractivity contribution in [2.75, 3.05) is 25.5 Å². The maximum Gasteiger partial charge on any atom is 0.267 e. The van der Waals surface area contributed by atoms with Crippen molar-refractivity contribution in [1.29, 1.82) is 0 Å². The number of hydrogen-bond acceptors (Lipinski definition) is 3. The van der Waals surface area contributed by atoms with Crippen LogP contribution in [0.5, 0.6) is 0 Å². The smallest absolute Gasteiger partial charge is 0.267 e. The summed E-state index contributed by atoms with van der Waals surface area (Å²) < 4.78 is 0. The van der Waals surface area contributed by atoms with Crippen LogP contribution in [0.25, 0.3) is 6.08 Å². The molecule has 0 aliphatic rings. The van der Waals surface area contributed by atoms with Crippen LogP contribution in [0.2, 0.25) is 0 Å². The van der Waals surface area contributed by atoms with Crippen molar-refractivity contribution < 1.29 is 9.59 Å². The van der Waals surface area contributed by atoms with Crippen LogP contribution in [-0.4, -0.2) is 32.5 Å². The Morgan fingerprint density at radius 1 is 1.00 bits per heavy atom. The van der Waals surface area contributed by atoms with Gasteiger partial charge in [-0.25, -0.2) is 0 Å². The number of rotatable bonds is 8. The molecule has 5 heteroatoms. The van der Waals surface area contributed by atoms with Gasteiger partial charge in [-0.1, -0.05) is 43.7 Å². The number of nitrogens with zero attached hydrogens (tertiary/aromatic N) is 1. The Bertz CT molecular complexity index is 781. The SMILES string of the molecule is CCCCNC(=O)/C(=C/c1ccc(N(C)C)cc1)NC(=O)c1ccccc1. The fourth-order valence-corrected chi connectivity index (χ4v) is 2.45. The van der Waals surface area contributed by atoms with E-state index in [9.17, 15) is 9.59 Å². The molecule has 142 valence electrons. The molecular formula is C22H27N3O2. The summed E-state index contributed by atoms with van der Waals surface area (Å²) >= 11 is 0. The fraction of sp³-hybridized carbons (Fsp3) is 0.273. The van der Waals surface area contributed by atoms with E-state index < -0.39 is 0 Å². The van der Waals surface area contributed by atoms with Crippen LogP contribution in [0.15, 0.2) is 60.3 Å². The molecule has 0 aliphatic carbocycles. The number of anilines is 1. The number of benzene rings is 2. The van der Waals surface area contributed by atoms with E-state index in [0.717, 1.165) is 24.1 Å². The maximum absolute atomic E-state index is 12.6. The predicted octanol–water partition coefficient (Wildman–Crippen LogP) is 3.44. The van der Waals surface area contributed by atoms with E-state index in [-0.39, 0.29) is 17.5 Å². The third kappa shape index (κ3) is 6.29. The highest BCUT2D eigenvalue weighted by atomic mass is 16.2. The predicted molar refractivity (Wildman–Crippen MR) is 111 cm³/mol. The van der Waals surface area contributed by atoms with Gasteiger partial charge in [0.15, 0.2) is 0 Å². The van der Waals surface area contributed by atoms with Gasteiger partial charge in [0.2, 0.25) is 0 Å². The van der Waals surface area contributed by atoms with Gasteiger partial charge in [-0.2, -0.15) is 0 Å². The van der Waals surface area contributed by atoms with Crippen LogP contribution in [0.3, 0.4) is 0 Å². The minimum Gasteiger partial charge on any atom is -0.378 e. The Balaban J connectivity index is 2.22. The maximum atomic E-state index is 12.6. The molecule has 0 radical (unpaired) electrons. The molecule has 0 saturated heterocycles. The van der Waals surface area contributed by atoms with Crippen molar-refractivity contribution in [1.82, 2.24) is 10.6 Å². The third-order valence-corrected chi connectivity index (χ3v) is 4.07. The molecule has 27 heavy (non-hydrogen) atoms. The summed E-state index contributed by atoms with van der Waals surface area (Å²) in [4.78, 5) is 27.0. The summed E-state index contributed by atoms with van der Waals surface area (Å²) in [5.41, 5.74) is 2.65. The minimum absolute atomic E-state index is 0.234. The topological polar surface area (TPSA) is 61.4 Å². The minimum atomic E-state index is -0.308. The molecule has 0 aliphatic heterocycles. The van der Waals surface area contributed by atoms with Crippen LogP contribution in [-0.2, 0) is 4.79 Å². The van der Waals surface area contributed by atoms with E-state index in [4.69, 9.17) is 0 Å². The number of unbranched alkanes of at least 4 members (excludes halogenated alkanes) is 1. The molecule has 2 aromatic carbocycles. The first-order valence-electron chi connectivity index (χ1n) is 9.15. The Hall–Kier alpha value is -3.08. The fourth-order valence-electron chi connectivity index (χ4n) is 2.45. The van der Waals surface area contributed by atoms with E-state index in [1.165, 1.54) is 0 Å². The molecule has 2 N–H and O–H groups in total. The normalized spacial score (nSPS) is 11.0. The Morgan fingerprint density at radius 2 is 1.67 bits per heavy atom. The van der Waals surface area contributed by atoms with Gasteiger partial charge in [0.25, 0.3) is 11.8 Å². The molecule has 0 bridgehead atoms. The molecule has 0 unspecified atom stereocenters. The molecular weight excluding hydrogens is 338 g/mol. The Morgan fingerprint density at radius 3 is 2.26 bits per heavy atom. The van der Waals surface area contributed by atoms with Crippen LogP contribution in [0.4, 0.5) is 5.69 Å². The standard InChI is InChI=1S/C22H27N3O2/c1-4-5-15-23-22(27)20(24-21(26)18-9-7-6-8-10-18)16-17-11-13-19(14-12-17)25(2)3/h6-14,16H,4-5,15H2,1-3H3,(H,23,27)(H,24,26)/b20-16-. The number of amides is 2. The number of carbonyl (C=O) groups excluding carboxylic acids is 2. The Labute approximate surface area is 161 Å². The molecule has 0 saturated carbocycles. The van der Waals surface area contributed by atoms with E-state index in [0.29, 0.717) is 12.1 Å². The zero-order valence-corrected chi connectivity index (χ0v) is 16.2. The number of hydrogen-bond donors (Lipinski definition) is 2. The summed E-state index contributed by atoms with van der Waals surface area (Å²) in [6.45, 7) is 2.64. The third-order valence-electron chi connectivity index (χ3n) is 4.07. The second-order valence-corrected chi connectivity index (χ2v) is 6.47. The van der Waals surface area contributed by atoms with Gasteiger partial charge in [0, 0.05) is 31.9 Å². The van der Waals surface area contributed by atoms with Crippen LogP contribution < -0.4 is 15.5 Å². The van der Waals surface area contributed by atoms with Crippen molar-refractivity contribution in [2.45, 2.75) is 19.8 Å². The first kappa shape index (κ1) is 20.2. The zero-order valence-electron chi connectivity index (χ0n) is 16.2. The van der Waals surface area contributed by atoms with Gasteiger partial charge in [-0.05, 0) is 42.3 Å². The average Bonchev–Trinajstić information content (AvgIpc) is 2.68. The highest BCUT2D eigenvalue weighted by Crippen LogP contribution is 2.14. The largest absolute Gasteiger partial charge is 0.378 e. The molecule has 0 heterocycles. The summed E-state index contributed by atoms with van der Waals surface area (Å²) in [7, 11) is 3.94. The van der Waals surface area contributed by atoms with Gasteiger partial charge >= 0.3 is 0 Å². The van der Waals surface area contributed by atoms with Gasteiger partial charge in [0.1, 0.15) is 5.70 Å². The molecule has 2 aromatic rings. The molecule has 2 amide bonds. The lowest BCUT2D eigenvalue weighted by molar-refractivity contribution is -0.117. The quantitative estimate of drug-likeness (QED) is 0.556.